The summed E-state index contributed by atoms with van der Waals surface area (Å²) in [4.78, 5) is 25.1. The second kappa shape index (κ2) is 9.90. The molecule has 0 bridgehead atoms. The largest absolute Gasteiger partial charge is 0.507 e. The van der Waals surface area contributed by atoms with Gasteiger partial charge in [0.25, 0.3) is 5.91 Å². The Morgan fingerprint density at radius 2 is 1.78 bits per heavy atom. The Morgan fingerprint density at radius 1 is 0.919 bits per heavy atom. The summed E-state index contributed by atoms with van der Waals surface area (Å²) >= 11 is 0. The molecule has 186 valence electrons. The number of phenolic OH excluding ortho intramolecular Hbond substituents is 1. The predicted octanol–water partition coefficient (Wildman–Crippen LogP) is 5.28. The fourth-order valence-corrected chi connectivity index (χ4v) is 4.04. The van der Waals surface area contributed by atoms with E-state index in [9.17, 15) is 9.90 Å². The normalized spacial score (nSPS) is 10.8. The molecule has 1 amide bonds. The van der Waals surface area contributed by atoms with Gasteiger partial charge in [0.1, 0.15) is 23.1 Å². The quantitative estimate of drug-likeness (QED) is 0.281. The van der Waals surface area contributed by atoms with Crippen molar-refractivity contribution < 1.29 is 24.1 Å². The fourth-order valence-electron chi connectivity index (χ4n) is 4.04. The number of imidazole rings is 1. The van der Waals surface area contributed by atoms with Crippen molar-refractivity contribution in [2.45, 2.75) is 0 Å². The molecule has 0 spiro atoms. The first-order chi connectivity index (χ1) is 18.0. The average Bonchev–Trinajstić information content (AvgIpc) is 3.36. The highest BCUT2D eigenvalue weighted by molar-refractivity contribution is 6.06. The molecule has 0 saturated heterocycles. The van der Waals surface area contributed by atoms with E-state index < -0.39 is 0 Å². The minimum Gasteiger partial charge on any atom is -0.507 e. The number of aromatic amines is 1. The fraction of sp³-hybridized carbons (Fsp3) is 0.107. The SMILES string of the molecule is COc1ccc(NC(=O)c2ccc3nc(-c4cc(-c5cccnc5OC)ccc4O)[nH]c3c2)c(OC)c1. The monoisotopic (exact) mass is 496 g/mol. The number of ether oxygens (including phenoxy) is 3. The molecule has 0 aliphatic carbocycles. The molecule has 0 saturated carbocycles. The second-order valence-corrected chi connectivity index (χ2v) is 8.13. The number of fused-ring (bicyclic) bond motifs is 1. The summed E-state index contributed by atoms with van der Waals surface area (Å²) in [7, 11) is 4.65. The van der Waals surface area contributed by atoms with Gasteiger partial charge in [-0.25, -0.2) is 9.97 Å². The van der Waals surface area contributed by atoms with E-state index in [1.165, 1.54) is 7.11 Å². The number of carbonyl (C=O) groups excluding carboxylic acids is 1. The van der Waals surface area contributed by atoms with Gasteiger partial charge < -0.3 is 29.6 Å². The number of anilines is 1. The molecule has 9 nitrogen and oxygen atoms in total. The molecule has 5 aromatic rings. The number of aromatic nitrogens is 3. The minimum atomic E-state index is -0.310. The van der Waals surface area contributed by atoms with Crippen molar-refractivity contribution in [1.82, 2.24) is 15.0 Å². The Hall–Kier alpha value is -5.05. The zero-order chi connectivity index (χ0) is 25.9. The number of benzene rings is 3. The molecule has 9 heteroatoms. The summed E-state index contributed by atoms with van der Waals surface area (Å²) < 4.78 is 16.0. The van der Waals surface area contributed by atoms with Gasteiger partial charge in [0, 0.05) is 23.4 Å². The summed E-state index contributed by atoms with van der Waals surface area (Å²) in [6, 6.07) is 19.2. The number of H-pyrrole nitrogens is 1. The van der Waals surface area contributed by atoms with Gasteiger partial charge in [-0.05, 0) is 60.2 Å². The third kappa shape index (κ3) is 4.62. The third-order valence-corrected chi connectivity index (χ3v) is 5.93. The maximum absolute atomic E-state index is 13.0. The van der Waals surface area contributed by atoms with E-state index in [0.717, 1.165) is 11.1 Å². The van der Waals surface area contributed by atoms with Gasteiger partial charge >= 0.3 is 0 Å². The molecular weight excluding hydrogens is 472 g/mol. The lowest BCUT2D eigenvalue weighted by Gasteiger charge is -2.11. The molecule has 0 aliphatic rings. The standard InChI is InChI=1S/C28H24N4O5/c1-35-18-8-10-22(25(15-18)36-2)32-27(34)17-6-9-21-23(14-17)31-26(30-21)20-13-16(7-11-24(20)33)19-5-4-12-29-28(19)37-3/h4-15,33H,1-3H3,(H,30,31)(H,32,34). The molecule has 0 fully saturated rings. The average molecular weight is 497 g/mol. The minimum absolute atomic E-state index is 0.0650. The van der Waals surface area contributed by atoms with Crippen molar-refractivity contribution in [3.63, 3.8) is 0 Å². The van der Waals surface area contributed by atoms with Crippen LogP contribution < -0.4 is 19.5 Å². The van der Waals surface area contributed by atoms with Crippen LogP contribution in [0.25, 0.3) is 33.5 Å². The zero-order valence-corrected chi connectivity index (χ0v) is 20.4. The summed E-state index contributed by atoms with van der Waals surface area (Å²) in [5, 5.41) is 13.5. The molecule has 37 heavy (non-hydrogen) atoms. The molecule has 3 N–H and O–H groups in total. The van der Waals surface area contributed by atoms with Crippen molar-refractivity contribution in [2.75, 3.05) is 26.6 Å². The van der Waals surface area contributed by atoms with Gasteiger partial charge in [0.05, 0.1) is 43.6 Å². The Bertz CT molecular complexity index is 1610. The second-order valence-electron chi connectivity index (χ2n) is 8.13. The molecule has 2 aromatic heterocycles. The Morgan fingerprint density at radius 3 is 2.57 bits per heavy atom. The molecule has 0 unspecified atom stereocenters. The molecular formula is C28H24N4O5. The lowest BCUT2D eigenvalue weighted by molar-refractivity contribution is 0.102. The number of nitrogens with one attached hydrogen (secondary N) is 2. The zero-order valence-electron chi connectivity index (χ0n) is 20.4. The number of methoxy groups -OCH3 is 3. The first kappa shape index (κ1) is 23.7. The molecule has 0 aliphatic heterocycles. The number of hydrogen-bond donors (Lipinski definition) is 3. The van der Waals surface area contributed by atoms with E-state index in [1.807, 2.05) is 18.2 Å². The lowest BCUT2D eigenvalue weighted by atomic mass is 10.0. The summed E-state index contributed by atoms with van der Waals surface area (Å²) in [6.45, 7) is 0. The van der Waals surface area contributed by atoms with Gasteiger partial charge in [-0.2, -0.15) is 0 Å². The Labute approximate surface area is 212 Å². The van der Waals surface area contributed by atoms with Crippen LogP contribution in [0.3, 0.4) is 0 Å². The van der Waals surface area contributed by atoms with Gasteiger partial charge in [0.15, 0.2) is 0 Å². The molecule has 0 radical (unpaired) electrons. The van der Waals surface area contributed by atoms with Crippen molar-refractivity contribution in [1.29, 1.82) is 0 Å². The first-order valence-electron chi connectivity index (χ1n) is 11.4. The topological polar surface area (TPSA) is 119 Å². The Balaban J connectivity index is 1.46. The number of aromatic hydroxyl groups is 1. The molecule has 3 aromatic carbocycles. The van der Waals surface area contributed by atoms with E-state index in [-0.39, 0.29) is 11.7 Å². The number of hydrogen-bond acceptors (Lipinski definition) is 7. The van der Waals surface area contributed by atoms with Crippen molar-refractivity contribution >= 4 is 22.6 Å². The van der Waals surface area contributed by atoms with Crippen LogP contribution in [-0.4, -0.2) is 47.3 Å². The van der Waals surface area contributed by atoms with E-state index in [1.54, 1.807) is 68.9 Å². The molecule has 0 atom stereocenters. The molecule has 5 rings (SSSR count). The van der Waals surface area contributed by atoms with Crippen LogP contribution in [0.1, 0.15) is 10.4 Å². The van der Waals surface area contributed by atoms with Crippen molar-refractivity contribution in [3.8, 4) is 45.6 Å². The number of phenols is 1. The van der Waals surface area contributed by atoms with Gasteiger partial charge in [0.2, 0.25) is 5.88 Å². The number of pyridine rings is 1. The van der Waals surface area contributed by atoms with Gasteiger partial charge in [-0.15, -0.1) is 0 Å². The van der Waals surface area contributed by atoms with E-state index >= 15 is 0 Å². The highest BCUT2D eigenvalue weighted by Gasteiger charge is 2.16. The highest BCUT2D eigenvalue weighted by atomic mass is 16.5. The van der Waals surface area contributed by atoms with Crippen LogP contribution >= 0.6 is 0 Å². The van der Waals surface area contributed by atoms with Crippen LogP contribution in [0.15, 0.2) is 72.9 Å². The van der Waals surface area contributed by atoms with E-state index in [4.69, 9.17) is 14.2 Å². The van der Waals surface area contributed by atoms with Crippen LogP contribution in [-0.2, 0) is 0 Å². The highest BCUT2D eigenvalue weighted by Crippen LogP contribution is 2.36. The Kier molecular flexibility index (Phi) is 6.34. The maximum Gasteiger partial charge on any atom is 0.255 e. The molecule has 2 heterocycles. The van der Waals surface area contributed by atoms with Gasteiger partial charge in [-0.3, -0.25) is 4.79 Å². The first-order valence-corrected chi connectivity index (χ1v) is 11.4. The van der Waals surface area contributed by atoms with Crippen LogP contribution in [0, 0.1) is 0 Å². The van der Waals surface area contributed by atoms with Crippen LogP contribution in [0.5, 0.6) is 23.1 Å². The third-order valence-electron chi connectivity index (χ3n) is 5.93. The number of rotatable bonds is 7. The number of carbonyl (C=O) groups is 1. The van der Waals surface area contributed by atoms with Crippen LogP contribution in [0.4, 0.5) is 5.69 Å². The van der Waals surface area contributed by atoms with Crippen LogP contribution in [0.2, 0.25) is 0 Å². The predicted molar refractivity (Wildman–Crippen MR) is 140 cm³/mol. The summed E-state index contributed by atoms with van der Waals surface area (Å²) in [5.74, 6) is 1.80. The summed E-state index contributed by atoms with van der Waals surface area (Å²) in [5.41, 5.74) is 4.35. The smallest absolute Gasteiger partial charge is 0.255 e. The van der Waals surface area contributed by atoms with E-state index in [0.29, 0.717) is 51.1 Å². The van der Waals surface area contributed by atoms with E-state index in [2.05, 4.69) is 20.3 Å². The number of nitrogens with zero attached hydrogens (tertiary/aromatic N) is 2. The van der Waals surface area contributed by atoms with Crippen molar-refractivity contribution in [2.24, 2.45) is 0 Å². The number of amides is 1. The lowest BCUT2D eigenvalue weighted by Crippen LogP contribution is -2.12. The summed E-state index contributed by atoms with van der Waals surface area (Å²) in [6.07, 6.45) is 1.65. The van der Waals surface area contributed by atoms with Crippen molar-refractivity contribution in [3.05, 3.63) is 78.5 Å². The maximum atomic E-state index is 13.0. The van der Waals surface area contributed by atoms with Gasteiger partial charge in [-0.1, -0.05) is 6.07 Å².